The molecule has 0 aliphatic heterocycles. The third-order valence-electron chi connectivity index (χ3n) is 3.56. The van der Waals surface area contributed by atoms with Crippen LogP contribution in [0, 0.1) is 0 Å². The molecule has 0 atom stereocenters. The maximum absolute atomic E-state index is 12.1. The van der Waals surface area contributed by atoms with Crippen LogP contribution < -0.4 is 14.8 Å². The lowest BCUT2D eigenvalue weighted by Crippen LogP contribution is -2.13. The molecule has 0 radical (unpaired) electrons. The number of methoxy groups -OCH3 is 1. The van der Waals surface area contributed by atoms with Gasteiger partial charge in [0.2, 0.25) is 15.9 Å². The zero-order valence-electron chi connectivity index (χ0n) is 14.6. The predicted molar refractivity (Wildman–Crippen MR) is 104 cm³/mol. The smallest absolute Gasteiger partial charge is 0.229 e. The molecule has 2 rings (SSSR count). The molecule has 0 aliphatic rings. The van der Waals surface area contributed by atoms with Gasteiger partial charge in [-0.25, -0.2) is 8.42 Å². The van der Waals surface area contributed by atoms with E-state index >= 15 is 0 Å². The Hall–Kier alpha value is -2.25. The Morgan fingerprint density at radius 2 is 1.85 bits per heavy atom. The molecule has 0 saturated carbocycles. The van der Waals surface area contributed by atoms with Gasteiger partial charge in [0.1, 0.15) is 5.75 Å². The van der Waals surface area contributed by atoms with Crippen LogP contribution >= 0.6 is 11.6 Å². The van der Waals surface area contributed by atoms with Gasteiger partial charge in [-0.3, -0.25) is 9.52 Å². The number of halogens is 1. The Labute approximate surface area is 158 Å². The molecule has 8 heteroatoms. The number of rotatable bonds is 8. The van der Waals surface area contributed by atoms with E-state index in [1.54, 1.807) is 12.1 Å². The average molecular weight is 397 g/mol. The molecule has 0 aromatic heterocycles. The van der Waals surface area contributed by atoms with Gasteiger partial charge in [0.05, 0.1) is 19.1 Å². The SMILES string of the molecule is COc1ccc(NC(=O)CCCc2ccc(Cl)cc2)cc1NS(C)(=O)=O. The van der Waals surface area contributed by atoms with Crippen LogP contribution in [0.25, 0.3) is 0 Å². The number of amides is 1. The largest absolute Gasteiger partial charge is 0.495 e. The highest BCUT2D eigenvalue weighted by Crippen LogP contribution is 2.28. The summed E-state index contributed by atoms with van der Waals surface area (Å²) in [5.74, 6) is 0.227. The molecular weight excluding hydrogens is 376 g/mol. The highest BCUT2D eigenvalue weighted by molar-refractivity contribution is 7.92. The summed E-state index contributed by atoms with van der Waals surface area (Å²) in [4.78, 5) is 12.1. The van der Waals surface area contributed by atoms with Crippen molar-refractivity contribution in [3.05, 3.63) is 53.1 Å². The first-order chi connectivity index (χ1) is 12.3. The van der Waals surface area contributed by atoms with Crippen LogP contribution in [0.3, 0.4) is 0 Å². The van der Waals surface area contributed by atoms with E-state index in [0.29, 0.717) is 29.3 Å². The third kappa shape index (κ3) is 6.57. The summed E-state index contributed by atoms with van der Waals surface area (Å²) in [6.07, 6.45) is 2.87. The summed E-state index contributed by atoms with van der Waals surface area (Å²) in [5, 5.41) is 3.45. The van der Waals surface area contributed by atoms with Gasteiger partial charge in [-0.1, -0.05) is 23.7 Å². The van der Waals surface area contributed by atoms with Gasteiger partial charge in [0, 0.05) is 17.1 Å². The van der Waals surface area contributed by atoms with E-state index in [-0.39, 0.29) is 11.6 Å². The van der Waals surface area contributed by atoms with E-state index in [0.717, 1.165) is 18.2 Å². The van der Waals surface area contributed by atoms with Crippen molar-refractivity contribution in [3.63, 3.8) is 0 Å². The highest BCUT2D eigenvalue weighted by Gasteiger charge is 2.11. The van der Waals surface area contributed by atoms with Gasteiger partial charge in [-0.2, -0.15) is 0 Å². The highest BCUT2D eigenvalue weighted by atomic mass is 35.5. The quantitative estimate of drug-likeness (QED) is 0.712. The molecule has 26 heavy (non-hydrogen) atoms. The lowest BCUT2D eigenvalue weighted by atomic mass is 10.1. The van der Waals surface area contributed by atoms with Gasteiger partial charge in [-0.05, 0) is 48.7 Å². The topological polar surface area (TPSA) is 84.5 Å². The molecule has 140 valence electrons. The number of aryl methyl sites for hydroxylation is 1. The number of ether oxygens (including phenoxy) is 1. The number of carbonyl (C=O) groups is 1. The third-order valence-corrected chi connectivity index (χ3v) is 4.40. The molecule has 0 fully saturated rings. The summed E-state index contributed by atoms with van der Waals surface area (Å²) in [7, 11) is -2.01. The second kappa shape index (κ2) is 8.91. The number of anilines is 2. The van der Waals surface area contributed by atoms with Crippen molar-refractivity contribution in [2.75, 3.05) is 23.4 Å². The van der Waals surface area contributed by atoms with Crippen LogP contribution in [0.15, 0.2) is 42.5 Å². The minimum atomic E-state index is -3.46. The number of hydrogen-bond acceptors (Lipinski definition) is 4. The van der Waals surface area contributed by atoms with Crippen molar-refractivity contribution in [3.8, 4) is 5.75 Å². The predicted octanol–water partition coefficient (Wildman–Crippen LogP) is 3.68. The molecule has 2 aromatic rings. The van der Waals surface area contributed by atoms with Gasteiger partial charge >= 0.3 is 0 Å². The van der Waals surface area contributed by atoms with Gasteiger partial charge in [0.25, 0.3) is 0 Å². The molecule has 0 bridgehead atoms. The first-order valence-electron chi connectivity index (χ1n) is 7.97. The number of hydrogen-bond donors (Lipinski definition) is 2. The van der Waals surface area contributed by atoms with Gasteiger partial charge in [-0.15, -0.1) is 0 Å². The van der Waals surface area contributed by atoms with E-state index in [9.17, 15) is 13.2 Å². The Bertz CT molecular complexity index is 867. The van der Waals surface area contributed by atoms with Crippen LogP contribution in [0.4, 0.5) is 11.4 Å². The lowest BCUT2D eigenvalue weighted by molar-refractivity contribution is -0.116. The number of nitrogens with one attached hydrogen (secondary N) is 2. The zero-order valence-corrected chi connectivity index (χ0v) is 16.2. The molecule has 1 amide bonds. The van der Waals surface area contributed by atoms with E-state index < -0.39 is 10.0 Å². The van der Waals surface area contributed by atoms with Gasteiger partial charge < -0.3 is 10.1 Å². The number of carbonyl (C=O) groups excluding carboxylic acids is 1. The maximum Gasteiger partial charge on any atom is 0.229 e. The molecule has 0 saturated heterocycles. The van der Waals surface area contributed by atoms with Crippen molar-refractivity contribution in [2.45, 2.75) is 19.3 Å². The van der Waals surface area contributed by atoms with E-state index in [4.69, 9.17) is 16.3 Å². The Kier molecular flexibility index (Phi) is 6.88. The van der Waals surface area contributed by atoms with E-state index in [1.165, 1.54) is 13.2 Å². The fraction of sp³-hybridized carbons (Fsp3) is 0.278. The zero-order chi connectivity index (χ0) is 19.2. The first kappa shape index (κ1) is 20.1. The normalized spacial score (nSPS) is 11.0. The van der Waals surface area contributed by atoms with Crippen LogP contribution in [-0.4, -0.2) is 27.7 Å². The van der Waals surface area contributed by atoms with Crippen molar-refractivity contribution in [1.82, 2.24) is 0 Å². The standard InChI is InChI=1S/C18H21ClN2O4S/c1-25-17-11-10-15(12-16(17)21-26(2,23)24)20-18(22)5-3-4-13-6-8-14(19)9-7-13/h6-12,21H,3-5H2,1-2H3,(H,20,22). The summed E-state index contributed by atoms with van der Waals surface area (Å²) >= 11 is 5.85. The summed E-state index contributed by atoms with van der Waals surface area (Å²) in [5.41, 5.74) is 1.88. The fourth-order valence-corrected chi connectivity index (χ4v) is 3.08. The Morgan fingerprint density at radius 3 is 2.46 bits per heavy atom. The van der Waals surface area contributed by atoms with Crippen molar-refractivity contribution in [1.29, 1.82) is 0 Å². The summed E-state index contributed by atoms with van der Waals surface area (Å²) < 4.78 is 30.4. The van der Waals surface area contributed by atoms with Crippen molar-refractivity contribution in [2.24, 2.45) is 0 Å². The molecule has 0 heterocycles. The first-order valence-corrected chi connectivity index (χ1v) is 10.2. The molecule has 0 aliphatic carbocycles. The number of benzene rings is 2. The molecule has 2 N–H and O–H groups in total. The second-order valence-corrected chi connectivity index (χ2v) is 8.00. The number of sulfonamides is 1. The van der Waals surface area contributed by atoms with Crippen LogP contribution in [0.2, 0.25) is 5.02 Å². The molecule has 0 spiro atoms. The monoisotopic (exact) mass is 396 g/mol. The molecule has 0 unspecified atom stereocenters. The second-order valence-electron chi connectivity index (χ2n) is 5.82. The molecule has 6 nitrogen and oxygen atoms in total. The van der Waals surface area contributed by atoms with E-state index in [2.05, 4.69) is 10.0 Å². The molecule has 2 aromatic carbocycles. The molecular formula is C18H21ClN2O4S. The summed E-state index contributed by atoms with van der Waals surface area (Å²) in [6, 6.07) is 12.3. The Morgan fingerprint density at radius 1 is 1.15 bits per heavy atom. The minimum absolute atomic E-state index is 0.144. The van der Waals surface area contributed by atoms with Crippen molar-refractivity contribution >= 4 is 38.9 Å². The maximum atomic E-state index is 12.1. The van der Waals surface area contributed by atoms with Crippen molar-refractivity contribution < 1.29 is 17.9 Å². The lowest BCUT2D eigenvalue weighted by Gasteiger charge is -2.12. The van der Waals surface area contributed by atoms with Crippen LogP contribution in [0.5, 0.6) is 5.75 Å². The minimum Gasteiger partial charge on any atom is -0.495 e. The van der Waals surface area contributed by atoms with Crippen LogP contribution in [-0.2, 0) is 21.2 Å². The van der Waals surface area contributed by atoms with Crippen LogP contribution in [0.1, 0.15) is 18.4 Å². The van der Waals surface area contributed by atoms with E-state index in [1.807, 2.05) is 24.3 Å². The fourth-order valence-electron chi connectivity index (χ4n) is 2.39. The van der Waals surface area contributed by atoms with Gasteiger partial charge in [0.15, 0.2) is 0 Å². The summed E-state index contributed by atoms with van der Waals surface area (Å²) in [6.45, 7) is 0. The average Bonchev–Trinajstić information content (AvgIpc) is 2.55. The Balaban J connectivity index is 1.93.